The predicted octanol–water partition coefficient (Wildman–Crippen LogP) is 1.52. The fourth-order valence-electron chi connectivity index (χ4n) is 2.98. The largest absolute Gasteiger partial charge is 0.392 e. The van der Waals surface area contributed by atoms with E-state index in [1.54, 1.807) is 0 Å². The first-order chi connectivity index (χ1) is 8.49. The molecule has 4 nitrogen and oxygen atoms in total. The van der Waals surface area contributed by atoms with Gasteiger partial charge >= 0.3 is 0 Å². The van der Waals surface area contributed by atoms with Crippen molar-refractivity contribution >= 4 is 23.1 Å². The number of carbonyl (C=O) groups is 1. The molecule has 2 rings (SSSR count). The summed E-state index contributed by atoms with van der Waals surface area (Å²) in [6.45, 7) is 3.38. The first kappa shape index (κ1) is 13.7. The Hall–Kier alpha value is -0.680. The minimum atomic E-state index is -0.607. The lowest BCUT2D eigenvalue weighted by atomic mass is 9.85. The first-order valence-corrected chi connectivity index (χ1v) is 7.12. The summed E-state index contributed by atoms with van der Waals surface area (Å²) in [7, 11) is 0. The summed E-state index contributed by atoms with van der Waals surface area (Å²) in [6, 6.07) is 0. The highest BCUT2D eigenvalue weighted by atomic mass is 32.1. The van der Waals surface area contributed by atoms with Gasteiger partial charge in [-0.25, -0.2) is 0 Å². The predicted molar refractivity (Wildman–Crippen MR) is 74.3 cm³/mol. The van der Waals surface area contributed by atoms with Crippen LogP contribution in [-0.4, -0.2) is 29.6 Å². The van der Waals surface area contributed by atoms with E-state index in [0.29, 0.717) is 11.5 Å². The number of nitrogens with one attached hydrogen (secondary N) is 1. The second-order valence-electron chi connectivity index (χ2n) is 5.74. The van der Waals surface area contributed by atoms with Crippen LogP contribution in [0.1, 0.15) is 45.4 Å². The average molecular weight is 270 g/mol. The molecular formula is C13H22N2O2S. The van der Waals surface area contributed by atoms with Crippen LogP contribution in [0.3, 0.4) is 0 Å². The topological polar surface area (TPSA) is 64.4 Å². The van der Waals surface area contributed by atoms with Crippen molar-refractivity contribution in [2.75, 3.05) is 13.2 Å². The van der Waals surface area contributed by atoms with Crippen LogP contribution in [0.4, 0.5) is 0 Å². The maximum absolute atomic E-state index is 12.4. The molecule has 3 N–H and O–H groups in total. The van der Waals surface area contributed by atoms with Gasteiger partial charge in [-0.15, -0.1) is 0 Å². The number of carbonyl (C=O) groups excluding carboxylic acids is 1. The minimum Gasteiger partial charge on any atom is -0.392 e. The Morgan fingerprint density at radius 3 is 2.50 bits per heavy atom. The molecule has 1 aliphatic carbocycles. The van der Waals surface area contributed by atoms with E-state index in [9.17, 15) is 4.79 Å². The summed E-state index contributed by atoms with van der Waals surface area (Å²) in [5, 5.41) is 3.00. The molecule has 2 aliphatic rings. The number of hydrogen-bond acceptors (Lipinski definition) is 3. The maximum Gasteiger partial charge on any atom is 0.233 e. The molecule has 1 atom stereocenters. The van der Waals surface area contributed by atoms with Gasteiger partial charge in [0.05, 0.1) is 16.0 Å². The summed E-state index contributed by atoms with van der Waals surface area (Å²) in [4.78, 5) is 12.7. The quantitative estimate of drug-likeness (QED) is 0.760. The van der Waals surface area contributed by atoms with Gasteiger partial charge in [-0.1, -0.05) is 25.1 Å². The number of thiocarbonyl (C=S) groups is 1. The molecule has 0 spiro atoms. The fourth-order valence-corrected chi connectivity index (χ4v) is 3.27. The van der Waals surface area contributed by atoms with Gasteiger partial charge < -0.3 is 15.8 Å². The smallest absolute Gasteiger partial charge is 0.233 e. The third-order valence-corrected chi connectivity index (χ3v) is 4.68. The third-order valence-electron chi connectivity index (χ3n) is 4.29. The molecule has 5 heteroatoms. The second kappa shape index (κ2) is 5.13. The fraction of sp³-hybridized carbons (Fsp3) is 0.846. The number of amides is 1. The summed E-state index contributed by atoms with van der Waals surface area (Å²) in [5.74, 6) is -0.00998. The number of ether oxygens (including phenoxy) is 1. The highest BCUT2D eigenvalue weighted by molar-refractivity contribution is 7.80. The van der Waals surface area contributed by atoms with Gasteiger partial charge in [0, 0.05) is 13.2 Å². The minimum absolute atomic E-state index is 0.00998. The van der Waals surface area contributed by atoms with Crippen LogP contribution >= 0.6 is 12.2 Å². The SMILES string of the molecule is CC1(CNC(=O)C2(C(N)=S)CCCC2)CCCO1. The lowest BCUT2D eigenvalue weighted by Gasteiger charge is -2.29. The van der Waals surface area contributed by atoms with E-state index in [1.165, 1.54) is 0 Å². The molecule has 1 heterocycles. The van der Waals surface area contributed by atoms with E-state index in [0.717, 1.165) is 45.1 Å². The van der Waals surface area contributed by atoms with E-state index < -0.39 is 5.41 Å². The van der Waals surface area contributed by atoms with Crippen LogP contribution in [0.25, 0.3) is 0 Å². The molecule has 18 heavy (non-hydrogen) atoms. The van der Waals surface area contributed by atoms with Crippen molar-refractivity contribution in [1.29, 1.82) is 0 Å². The van der Waals surface area contributed by atoms with Crippen molar-refractivity contribution in [3.63, 3.8) is 0 Å². The zero-order valence-corrected chi connectivity index (χ0v) is 11.8. The third kappa shape index (κ3) is 2.52. The van der Waals surface area contributed by atoms with Crippen LogP contribution in [0.15, 0.2) is 0 Å². The molecule has 0 radical (unpaired) electrons. The Morgan fingerprint density at radius 2 is 2.00 bits per heavy atom. The van der Waals surface area contributed by atoms with Crippen LogP contribution in [-0.2, 0) is 9.53 Å². The van der Waals surface area contributed by atoms with Gasteiger partial charge in [-0.3, -0.25) is 4.79 Å². The zero-order valence-electron chi connectivity index (χ0n) is 11.0. The monoisotopic (exact) mass is 270 g/mol. The molecule has 102 valence electrons. The van der Waals surface area contributed by atoms with E-state index >= 15 is 0 Å². The molecule has 0 aromatic carbocycles. The van der Waals surface area contributed by atoms with Crippen molar-refractivity contribution in [1.82, 2.24) is 5.32 Å². The van der Waals surface area contributed by atoms with Crippen LogP contribution in [0, 0.1) is 5.41 Å². The molecule has 2 fully saturated rings. The van der Waals surface area contributed by atoms with Crippen LogP contribution in [0.2, 0.25) is 0 Å². The summed E-state index contributed by atoms with van der Waals surface area (Å²) in [6.07, 6.45) is 5.68. The standard InChI is InChI=1S/C13H22N2O2S/c1-12(5-4-8-17-12)9-15-11(16)13(10(14)18)6-2-3-7-13/h2-9H2,1H3,(H2,14,18)(H,15,16). The number of nitrogens with two attached hydrogens (primary N) is 1. The molecule has 0 bridgehead atoms. The molecule has 0 aromatic rings. The summed E-state index contributed by atoms with van der Waals surface area (Å²) in [5.41, 5.74) is 4.97. The van der Waals surface area contributed by atoms with Gasteiger partial charge in [-0.05, 0) is 32.6 Å². The Bertz CT molecular complexity index is 345. The summed E-state index contributed by atoms with van der Waals surface area (Å²) < 4.78 is 5.67. The van der Waals surface area contributed by atoms with Crippen molar-refractivity contribution in [2.45, 2.75) is 51.0 Å². The van der Waals surface area contributed by atoms with Crippen molar-refractivity contribution in [3.8, 4) is 0 Å². The Labute approximate surface area is 114 Å². The van der Waals surface area contributed by atoms with E-state index in [1.807, 2.05) is 6.92 Å². The molecule has 1 saturated heterocycles. The van der Waals surface area contributed by atoms with Crippen molar-refractivity contribution in [2.24, 2.45) is 11.1 Å². The van der Waals surface area contributed by atoms with Gasteiger partial charge in [0.1, 0.15) is 0 Å². The normalized spacial score (nSPS) is 30.3. The number of hydrogen-bond donors (Lipinski definition) is 2. The summed E-state index contributed by atoms with van der Waals surface area (Å²) >= 11 is 5.11. The Balaban J connectivity index is 1.96. The molecule has 1 saturated carbocycles. The van der Waals surface area contributed by atoms with Crippen molar-refractivity contribution < 1.29 is 9.53 Å². The molecule has 1 unspecified atom stereocenters. The molecule has 1 amide bonds. The highest BCUT2D eigenvalue weighted by Crippen LogP contribution is 2.39. The second-order valence-corrected chi connectivity index (χ2v) is 6.18. The molecule has 1 aliphatic heterocycles. The van der Waals surface area contributed by atoms with E-state index in [-0.39, 0.29) is 11.5 Å². The first-order valence-electron chi connectivity index (χ1n) is 6.71. The van der Waals surface area contributed by atoms with Gasteiger partial charge in [0.2, 0.25) is 5.91 Å². The van der Waals surface area contributed by atoms with Gasteiger partial charge in [0.15, 0.2) is 0 Å². The van der Waals surface area contributed by atoms with Crippen molar-refractivity contribution in [3.05, 3.63) is 0 Å². The highest BCUT2D eigenvalue weighted by Gasteiger charge is 2.44. The molecule has 0 aromatic heterocycles. The van der Waals surface area contributed by atoms with E-state index in [2.05, 4.69) is 5.32 Å². The average Bonchev–Trinajstić information content (AvgIpc) is 2.96. The maximum atomic E-state index is 12.4. The Morgan fingerprint density at radius 1 is 1.33 bits per heavy atom. The van der Waals surface area contributed by atoms with E-state index in [4.69, 9.17) is 22.7 Å². The van der Waals surface area contributed by atoms with Crippen LogP contribution in [0.5, 0.6) is 0 Å². The lowest BCUT2D eigenvalue weighted by Crippen LogP contribution is -2.50. The molecular weight excluding hydrogens is 248 g/mol. The lowest BCUT2D eigenvalue weighted by molar-refractivity contribution is -0.128. The van der Waals surface area contributed by atoms with Gasteiger partial charge in [0.25, 0.3) is 0 Å². The van der Waals surface area contributed by atoms with Crippen LogP contribution < -0.4 is 11.1 Å². The number of rotatable bonds is 4. The van der Waals surface area contributed by atoms with Gasteiger partial charge in [-0.2, -0.15) is 0 Å². The zero-order chi connectivity index (χ0) is 13.2. The Kier molecular flexibility index (Phi) is 3.92.